The minimum absolute atomic E-state index is 0.178. The summed E-state index contributed by atoms with van der Waals surface area (Å²) in [5.41, 5.74) is -1.27. The fraction of sp³-hybridized carbons (Fsp3) is 0.636. The van der Waals surface area contributed by atoms with E-state index in [-0.39, 0.29) is 12.0 Å². The number of alkyl halides is 1. The van der Waals surface area contributed by atoms with Crippen molar-refractivity contribution in [3.8, 4) is 0 Å². The second-order valence-electron chi connectivity index (χ2n) is 6.12. The normalized spacial score (nSPS) is 26.3. The van der Waals surface area contributed by atoms with E-state index in [1.165, 1.54) is 13.1 Å². The topological polar surface area (TPSA) is 224 Å². The second kappa shape index (κ2) is 9.23. The maximum absolute atomic E-state index is 14.2. The van der Waals surface area contributed by atoms with Crippen LogP contribution in [-0.2, 0) is 31.8 Å². The highest BCUT2D eigenvalue weighted by Gasteiger charge is 2.41. The van der Waals surface area contributed by atoms with Crippen molar-refractivity contribution in [1.82, 2.24) is 9.55 Å². The number of hydrogen-bond donors (Lipinski definition) is 5. The molecule has 2 rings (SSSR count). The molecule has 15 nitrogen and oxygen atoms in total. The molecule has 1 fully saturated rings. The molecule has 0 aliphatic carbocycles. The van der Waals surface area contributed by atoms with Crippen LogP contribution in [0.4, 0.5) is 4.39 Å². The van der Waals surface area contributed by atoms with Gasteiger partial charge in [0.05, 0.1) is 6.61 Å². The average molecular weight is 498 g/mol. The van der Waals surface area contributed by atoms with Crippen LogP contribution in [0.5, 0.6) is 0 Å². The van der Waals surface area contributed by atoms with E-state index in [0.29, 0.717) is 0 Å². The Balaban J connectivity index is 1.94. The van der Waals surface area contributed by atoms with Gasteiger partial charge in [-0.2, -0.15) is 4.31 Å². The molecule has 2 heterocycles. The van der Waals surface area contributed by atoms with Crippen LogP contribution in [0, 0.1) is 6.92 Å². The number of aryl methyl sites for hydroxylation is 1. The van der Waals surface area contributed by atoms with Crippen molar-refractivity contribution in [3.05, 3.63) is 32.6 Å². The van der Waals surface area contributed by atoms with Gasteiger partial charge in [0.25, 0.3) is 5.56 Å². The molecule has 172 valence electrons. The summed E-state index contributed by atoms with van der Waals surface area (Å²) in [7, 11) is -16.2. The van der Waals surface area contributed by atoms with Gasteiger partial charge < -0.3 is 29.0 Å². The van der Waals surface area contributed by atoms with Gasteiger partial charge in [-0.05, 0) is 6.92 Å². The van der Waals surface area contributed by atoms with Crippen molar-refractivity contribution in [2.45, 2.75) is 31.8 Å². The molecule has 2 unspecified atom stereocenters. The Morgan fingerprint density at radius 3 is 2.47 bits per heavy atom. The Hall–Kier alpha value is -1.02. The fourth-order valence-electron chi connectivity index (χ4n) is 2.43. The lowest BCUT2D eigenvalue weighted by atomic mass is 10.2. The van der Waals surface area contributed by atoms with Gasteiger partial charge in [0.15, 0.2) is 0 Å². The maximum atomic E-state index is 14.2. The molecule has 19 heteroatoms. The van der Waals surface area contributed by atoms with Gasteiger partial charge in [-0.25, -0.2) is 22.6 Å². The zero-order chi connectivity index (χ0) is 22.9. The minimum Gasteiger partial charge on any atom is -0.366 e. The fourth-order valence-corrected chi connectivity index (χ4v) is 5.71. The molecule has 1 aromatic rings. The van der Waals surface area contributed by atoms with Gasteiger partial charge in [0.2, 0.25) is 0 Å². The van der Waals surface area contributed by atoms with Gasteiger partial charge in [-0.3, -0.25) is 18.9 Å². The number of phosphoric acid groups is 2. The summed E-state index contributed by atoms with van der Waals surface area (Å²) in [6, 6.07) is 0. The van der Waals surface area contributed by atoms with E-state index in [9.17, 15) is 32.6 Å². The van der Waals surface area contributed by atoms with Crippen LogP contribution in [0.25, 0.3) is 0 Å². The second-order valence-corrected chi connectivity index (χ2v) is 10.9. The summed E-state index contributed by atoms with van der Waals surface area (Å²) in [6.07, 6.45) is -4.46. The van der Waals surface area contributed by atoms with E-state index in [1.54, 1.807) is 0 Å². The number of ether oxygens (including phenoxy) is 2. The molecule has 1 aromatic heterocycles. The molecule has 0 aromatic carbocycles. The standard InChI is InChI=1S/C11H18FN2O13P3/c1-6-3-14(11(16)13-10(6)15)9-2-7(12)8(25-9)4-24-5-28(17,18)26-30(22,23)27-29(19,20)21/h3,7-9H,2,4-5H2,1H3,(H,17,18)(H,22,23)(H,13,15,16)(H2,19,20,21)/t7-,8+,9+/m0/s1. The molecule has 0 spiro atoms. The quantitative estimate of drug-likeness (QED) is 0.280. The molecule has 5 atom stereocenters. The maximum Gasteiger partial charge on any atom is 0.488 e. The van der Waals surface area contributed by atoms with E-state index in [0.717, 1.165) is 4.57 Å². The predicted octanol–water partition coefficient (Wildman–Crippen LogP) is -0.144. The van der Waals surface area contributed by atoms with Crippen molar-refractivity contribution in [1.29, 1.82) is 0 Å². The molecule has 30 heavy (non-hydrogen) atoms. The third-order valence-electron chi connectivity index (χ3n) is 3.60. The molecule has 5 N–H and O–H groups in total. The molecule has 1 aliphatic heterocycles. The summed E-state index contributed by atoms with van der Waals surface area (Å²) in [6.45, 7) is 0.782. The lowest BCUT2D eigenvalue weighted by Crippen LogP contribution is -2.33. The first-order valence-corrected chi connectivity index (χ1v) is 12.7. The highest BCUT2D eigenvalue weighted by atomic mass is 31.3. The van der Waals surface area contributed by atoms with Crippen molar-refractivity contribution >= 4 is 23.2 Å². The molecule has 0 amide bonds. The predicted molar refractivity (Wildman–Crippen MR) is 94.2 cm³/mol. The lowest BCUT2D eigenvalue weighted by molar-refractivity contribution is -0.0488. The first-order valence-electron chi connectivity index (χ1n) is 7.91. The van der Waals surface area contributed by atoms with Gasteiger partial charge in [-0.15, -0.1) is 0 Å². The number of aromatic amines is 1. The number of halogens is 1. The number of hydrogen-bond acceptors (Lipinski definition) is 9. The van der Waals surface area contributed by atoms with Crippen LogP contribution in [0.2, 0.25) is 0 Å². The van der Waals surface area contributed by atoms with Crippen LogP contribution < -0.4 is 11.2 Å². The molecule has 0 saturated carbocycles. The highest BCUT2D eigenvalue weighted by Crippen LogP contribution is 2.65. The Bertz CT molecular complexity index is 1030. The third kappa shape index (κ3) is 7.29. The van der Waals surface area contributed by atoms with Crippen LogP contribution in [0.3, 0.4) is 0 Å². The zero-order valence-electron chi connectivity index (χ0n) is 15.1. The summed E-state index contributed by atoms with van der Waals surface area (Å²) < 4.78 is 65.9. The average Bonchev–Trinajstić information content (AvgIpc) is 2.88. The number of nitrogens with one attached hydrogen (secondary N) is 1. The SMILES string of the molecule is Cc1cn([C@H]2C[C@H](F)[C@@H](COCP(=O)(O)OP(=O)(O)OP(=O)(O)O)O2)c(=O)[nH]c1=O. The van der Waals surface area contributed by atoms with E-state index in [2.05, 4.69) is 8.62 Å². The first-order chi connectivity index (χ1) is 13.6. The summed E-state index contributed by atoms with van der Waals surface area (Å²) in [5, 5.41) is 0. The largest absolute Gasteiger partial charge is 0.488 e. The molecular formula is C11H18FN2O13P3. The molecular weight excluding hydrogens is 480 g/mol. The number of aromatic nitrogens is 2. The highest BCUT2D eigenvalue weighted by molar-refractivity contribution is 7.68. The zero-order valence-corrected chi connectivity index (χ0v) is 17.7. The Morgan fingerprint density at radius 2 is 1.87 bits per heavy atom. The van der Waals surface area contributed by atoms with Crippen LogP contribution >= 0.6 is 23.2 Å². The molecule has 0 radical (unpaired) electrons. The van der Waals surface area contributed by atoms with Crippen molar-refractivity contribution in [3.63, 3.8) is 0 Å². The van der Waals surface area contributed by atoms with Crippen LogP contribution in [0.15, 0.2) is 15.8 Å². The molecule has 1 saturated heterocycles. The monoisotopic (exact) mass is 498 g/mol. The van der Waals surface area contributed by atoms with E-state index in [4.69, 9.17) is 24.2 Å². The lowest BCUT2D eigenvalue weighted by Gasteiger charge is -2.18. The minimum atomic E-state index is -5.61. The van der Waals surface area contributed by atoms with E-state index >= 15 is 0 Å². The summed E-state index contributed by atoms with van der Waals surface area (Å²) in [4.78, 5) is 60.6. The van der Waals surface area contributed by atoms with Gasteiger partial charge in [-0.1, -0.05) is 0 Å². The Labute approximate surface area is 166 Å². The van der Waals surface area contributed by atoms with Crippen LogP contribution in [-0.4, -0.2) is 54.4 Å². The van der Waals surface area contributed by atoms with Crippen molar-refractivity contribution in [2.75, 3.05) is 13.0 Å². The van der Waals surface area contributed by atoms with Gasteiger partial charge in [0, 0.05) is 18.2 Å². The molecule has 0 bridgehead atoms. The van der Waals surface area contributed by atoms with Crippen molar-refractivity contribution in [2.24, 2.45) is 0 Å². The Morgan fingerprint density at radius 1 is 1.23 bits per heavy atom. The Kier molecular flexibility index (Phi) is 7.76. The van der Waals surface area contributed by atoms with E-state index < -0.39 is 65.9 Å². The smallest absolute Gasteiger partial charge is 0.366 e. The van der Waals surface area contributed by atoms with Crippen LogP contribution in [0.1, 0.15) is 18.2 Å². The van der Waals surface area contributed by atoms with E-state index in [1.807, 2.05) is 4.98 Å². The number of H-pyrrole nitrogens is 1. The first kappa shape index (κ1) is 25.2. The summed E-state index contributed by atoms with van der Waals surface area (Å²) in [5.74, 6) is 0. The third-order valence-corrected chi connectivity index (χ3v) is 7.63. The number of rotatable bonds is 9. The number of nitrogens with zero attached hydrogens (tertiary/aromatic N) is 1. The molecule has 1 aliphatic rings. The van der Waals surface area contributed by atoms with Crippen molar-refractivity contribution < 1.29 is 55.8 Å². The van der Waals surface area contributed by atoms with Gasteiger partial charge >= 0.3 is 28.9 Å². The summed E-state index contributed by atoms with van der Waals surface area (Å²) >= 11 is 0. The van der Waals surface area contributed by atoms with Gasteiger partial charge in [0.1, 0.15) is 24.9 Å².